The average molecular weight is 558 g/mol. The largest absolute Gasteiger partial charge is 0.497 e. The zero-order valence-electron chi connectivity index (χ0n) is 22.3. The van der Waals surface area contributed by atoms with Crippen molar-refractivity contribution < 1.29 is 24.0 Å². The van der Waals surface area contributed by atoms with Crippen LogP contribution in [0.4, 0.5) is 5.69 Å². The van der Waals surface area contributed by atoms with Gasteiger partial charge >= 0.3 is 0 Å². The van der Waals surface area contributed by atoms with E-state index in [1.54, 1.807) is 65.8 Å². The maximum absolute atomic E-state index is 14.7. The fourth-order valence-corrected chi connectivity index (χ4v) is 6.91. The molecule has 0 N–H and O–H groups in total. The number of hydrogen-bond donors (Lipinski definition) is 0. The molecule has 2 aliphatic heterocycles. The van der Waals surface area contributed by atoms with Crippen LogP contribution in [0.2, 0.25) is 0 Å². The number of ether oxygens (including phenoxy) is 1. The zero-order chi connectivity index (χ0) is 29.2. The molecular weight excluding hydrogens is 534 g/mol. The number of nitro benzene ring substituents is 1. The molecule has 0 unspecified atom stereocenters. The molecule has 1 aliphatic carbocycles. The number of benzene rings is 4. The molecule has 9 nitrogen and oxygen atoms in total. The summed E-state index contributed by atoms with van der Waals surface area (Å²) in [5.41, 5.74) is 0.601. The SMILES string of the molecule is COc1ccc(C(=O)[C@@H]2[C@H](c3cccc([N+](=O)[O-])c3)C3(C(=O)c4ccccc4C3=O)[C@@H]3c4ccccc4C=NN23)cc1. The highest BCUT2D eigenvalue weighted by Gasteiger charge is 2.72. The van der Waals surface area contributed by atoms with Crippen molar-refractivity contribution in [3.8, 4) is 5.75 Å². The van der Waals surface area contributed by atoms with E-state index >= 15 is 0 Å². The monoisotopic (exact) mass is 557 g/mol. The molecule has 2 heterocycles. The lowest BCUT2D eigenvalue weighted by atomic mass is 9.63. The molecular formula is C33H23N3O6. The molecule has 0 aromatic heterocycles. The maximum atomic E-state index is 14.7. The van der Waals surface area contributed by atoms with E-state index in [0.717, 1.165) is 5.56 Å². The van der Waals surface area contributed by atoms with Crippen molar-refractivity contribution in [1.29, 1.82) is 0 Å². The number of hydrazone groups is 1. The van der Waals surface area contributed by atoms with Gasteiger partial charge in [-0.15, -0.1) is 0 Å². The van der Waals surface area contributed by atoms with Crippen molar-refractivity contribution in [1.82, 2.24) is 5.01 Å². The van der Waals surface area contributed by atoms with Gasteiger partial charge in [-0.05, 0) is 41.0 Å². The van der Waals surface area contributed by atoms with Gasteiger partial charge in [-0.2, -0.15) is 5.10 Å². The second-order valence-electron chi connectivity index (χ2n) is 10.6. The van der Waals surface area contributed by atoms with E-state index < -0.39 is 39.9 Å². The summed E-state index contributed by atoms with van der Waals surface area (Å²) in [7, 11) is 1.52. The average Bonchev–Trinajstić information content (AvgIpc) is 3.47. The third kappa shape index (κ3) is 3.36. The molecule has 206 valence electrons. The Morgan fingerprint density at radius 2 is 1.57 bits per heavy atom. The minimum absolute atomic E-state index is 0.206. The third-order valence-corrected chi connectivity index (χ3v) is 8.66. The maximum Gasteiger partial charge on any atom is 0.269 e. The molecule has 42 heavy (non-hydrogen) atoms. The van der Waals surface area contributed by atoms with Crippen LogP contribution in [0.5, 0.6) is 5.75 Å². The molecule has 0 bridgehead atoms. The van der Waals surface area contributed by atoms with Gasteiger partial charge in [0.2, 0.25) is 0 Å². The van der Waals surface area contributed by atoms with E-state index in [0.29, 0.717) is 22.4 Å². The van der Waals surface area contributed by atoms with E-state index in [9.17, 15) is 24.5 Å². The number of carbonyl (C=O) groups is 3. The molecule has 3 aliphatic rings. The van der Waals surface area contributed by atoms with E-state index in [1.807, 2.05) is 24.3 Å². The number of carbonyl (C=O) groups excluding carboxylic acids is 3. The minimum atomic E-state index is -1.81. The Balaban J connectivity index is 1.54. The van der Waals surface area contributed by atoms with E-state index in [1.165, 1.54) is 25.3 Å². The molecule has 0 saturated carbocycles. The highest BCUT2D eigenvalue weighted by atomic mass is 16.6. The van der Waals surface area contributed by atoms with Gasteiger partial charge in [-0.1, -0.05) is 60.7 Å². The molecule has 3 atom stereocenters. The number of nitro groups is 1. The summed E-state index contributed by atoms with van der Waals surface area (Å²) < 4.78 is 5.27. The van der Waals surface area contributed by atoms with Crippen molar-refractivity contribution in [3.05, 3.63) is 141 Å². The Morgan fingerprint density at radius 1 is 0.905 bits per heavy atom. The number of non-ortho nitro benzene ring substituents is 1. The van der Waals surface area contributed by atoms with E-state index in [-0.39, 0.29) is 22.6 Å². The van der Waals surface area contributed by atoms with Crippen LogP contribution in [0.25, 0.3) is 0 Å². The van der Waals surface area contributed by atoms with Crippen molar-refractivity contribution in [2.24, 2.45) is 10.5 Å². The summed E-state index contributed by atoms with van der Waals surface area (Å²) in [4.78, 5) is 55.3. The smallest absolute Gasteiger partial charge is 0.269 e. The van der Waals surface area contributed by atoms with Crippen molar-refractivity contribution in [2.45, 2.75) is 18.0 Å². The van der Waals surface area contributed by atoms with Crippen LogP contribution in [0.1, 0.15) is 59.7 Å². The number of fused-ring (bicyclic) bond motifs is 5. The van der Waals surface area contributed by atoms with Crippen LogP contribution in [0.3, 0.4) is 0 Å². The normalized spacial score (nSPS) is 21.2. The predicted octanol–water partition coefficient (Wildman–Crippen LogP) is 5.41. The number of ketones is 3. The Hall–Kier alpha value is -5.44. The van der Waals surface area contributed by atoms with E-state index in [2.05, 4.69) is 0 Å². The van der Waals surface area contributed by atoms with Crippen molar-refractivity contribution in [2.75, 3.05) is 7.11 Å². The first-order chi connectivity index (χ1) is 20.4. The lowest BCUT2D eigenvalue weighted by Gasteiger charge is -2.36. The minimum Gasteiger partial charge on any atom is -0.497 e. The molecule has 0 amide bonds. The van der Waals surface area contributed by atoms with Gasteiger partial charge in [0.25, 0.3) is 5.69 Å². The molecule has 0 radical (unpaired) electrons. The fraction of sp³-hybridized carbons (Fsp3) is 0.152. The fourth-order valence-electron chi connectivity index (χ4n) is 6.91. The third-order valence-electron chi connectivity index (χ3n) is 8.66. The topological polar surface area (TPSA) is 119 Å². The quantitative estimate of drug-likeness (QED) is 0.139. The molecule has 1 fully saturated rings. The van der Waals surface area contributed by atoms with Crippen LogP contribution >= 0.6 is 0 Å². The number of rotatable bonds is 5. The van der Waals surface area contributed by atoms with Crippen molar-refractivity contribution >= 4 is 29.3 Å². The molecule has 4 aromatic rings. The lowest BCUT2D eigenvalue weighted by Crippen LogP contribution is -2.43. The van der Waals surface area contributed by atoms with Crippen LogP contribution in [-0.2, 0) is 0 Å². The molecule has 7 rings (SSSR count). The van der Waals surface area contributed by atoms with Gasteiger partial charge in [0.05, 0.1) is 24.3 Å². The molecule has 4 aromatic carbocycles. The van der Waals surface area contributed by atoms with Gasteiger partial charge in [0, 0.05) is 34.7 Å². The second-order valence-corrected chi connectivity index (χ2v) is 10.6. The van der Waals surface area contributed by atoms with Crippen LogP contribution in [0.15, 0.2) is 102 Å². The van der Waals surface area contributed by atoms with Gasteiger partial charge in [-0.25, -0.2) is 0 Å². The zero-order valence-corrected chi connectivity index (χ0v) is 22.3. The Kier molecular flexibility index (Phi) is 5.65. The molecule has 9 heteroatoms. The first kappa shape index (κ1) is 25.5. The van der Waals surface area contributed by atoms with Crippen LogP contribution in [0, 0.1) is 15.5 Å². The second kappa shape index (κ2) is 9.31. The first-order valence-electron chi connectivity index (χ1n) is 13.4. The molecule has 1 saturated heterocycles. The number of hydrogen-bond acceptors (Lipinski definition) is 8. The lowest BCUT2D eigenvalue weighted by molar-refractivity contribution is -0.384. The van der Waals surface area contributed by atoms with Crippen LogP contribution in [-0.4, -0.2) is 46.6 Å². The van der Waals surface area contributed by atoms with Gasteiger partial charge in [-0.3, -0.25) is 29.5 Å². The molecule has 1 spiro atoms. The number of methoxy groups -OCH3 is 1. The summed E-state index contributed by atoms with van der Waals surface area (Å²) in [5.74, 6) is -1.75. The van der Waals surface area contributed by atoms with Gasteiger partial charge < -0.3 is 4.74 Å². The Labute approximate surface area is 240 Å². The number of nitrogens with zero attached hydrogens (tertiary/aromatic N) is 3. The Bertz CT molecular complexity index is 1810. The Morgan fingerprint density at radius 3 is 2.24 bits per heavy atom. The summed E-state index contributed by atoms with van der Waals surface area (Å²) in [5, 5.41) is 18.1. The summed E-state index contributed by atoms with van der Waals surface area (Å²) in [6, 6.07) is 24.4. The predicted molar refractivity (Wildman–Crippen MR) is 153 cm³/mol. The van der Waals surface area contributed by atoms with E-state index in [4.69, 9.17) is 9.84 Å². The van der Waals surface area contributed by atoms with Crippen molar-refractivity contribution in [3.63, 3.8) is 0 Å². The van der Waals surface area contributed by atoms with Gasteiger partial charge in [0.15, 0.2) is 17.3 Å². The standard InChI is InChI=1S/C33H23N3O6/c1-42-23-15-13-19(14-16-23)29(37)28-27(20-8-6-9-22(17-20)36(40)41)33(31(38)25-11-4-5-12-26(25)32(33)39)30-24-10-3-2-7-21(24)18-34-35(28)30/h2-18,27-28,30H,1H3/t27-,28-,30-/m0/s1. The first-order valence-corrected chi connectivity index (χ1v) is 13.4. The highest BCUT2D eigenvalue weighted by Crippen LogP contribution is 2.64. The van der Waals surface area contributed by atoms with Crippen LogP contribution < -0.4 is 4.74 Å². The highest BCUT2D eigenvalue weighted by molar-refractivity contribution is 6.31. The van der Waals surface area contributed by atoms with Gasteiger partial charge in [0.1, 0.15) is 17.2 Å². The summed E-state index contributed by atoms with van der Waals surface area (Å²) in [6.07, 6.45) is 1.63. The summed E-state index contributed by atoms with van der Waals surface area (Å²) in [6.45, 7) is 0. The number of Topliss-reactive ketones (excluding diaryl/α,β-unsaturated/α-hetero) is 3. The summed E-state index contributed by atoms with van der Waals surface area (Å²) >= 11 is 0.